The molecular weight excluding hydrogens is 527 g/mol. The number of carbonyl (C=O) groups excluding carboxylic acids is 1. The second kappa shape index (κ2) is 7.81. The maximum atomic E-state index is 15.2. The molecule has 3 fully saturated rings. The van der Waals surface area contributed by atoms with Gasteiger partial charge in [0.05, 0.1) is 5.41 Å². The number of fused-ring (bicyclic) bond motifs is 3. The Morgan fingerprint density at radius 2 is 1.59 bits per heavy atom. The number of ketones is 1. The van der Waals surface area contributed by atoms with E-state index in [4.69, 9.17) is 23.2 Å². The molecule has 4 aromatic rings. The summed E-state index contributed by atoms with van der Waals surface area (Å²) in [6.07, 6.45) is 1.92. The standard InChI is InChI=1S/C33H26Cl2N2O2/c1-36-18-26(23-11-3-5-15-28(23)35)31-19-37(17-22(30(31)38)16-21-8-2-4-14-27(21)34)33(39)25-13-7-10-20-9-6-12-24(29(20)25)32(31,33)36/h2-16,26,39H,17-19H2,1H3/b22-16+/t26-,31+,32-,33?/m1/s1. The van der Waals surface area contributed by atoms with E-state index in [1.54, 1.807) is 0 Å². The van der Waals surface area contributed by atoms with Gasteiger partial charge in [-0.3, -0.25) is 14.6 Å². The maximum absolute atomic E-state index is 15.2. The van der Waals surface area contributed by atoms with Crippen molar-refractivity contribution in [2.45, 2.75) is 17.2 Å². The topological polar surface area (TPSA) is 43.8 Å². The molecule has 1 N–H and O–H groups in total. The highest BCUT2D eigenvalue weighted by Gasteiger charge is 2.85. The molecule has 0 amide bonds. The van der Waals surface area contributed by atoms with Gasteiger partial charge in [-0.1, -0.05) is 96.0 Å². The number of halogens is 2. The van der Waals surface area contributed by atoms with Crippen molar-refractivity contribution in [2.75, 3.05) is 26.7 Å². The SMILES string of the molecule is CN1C[C@H](c2ccccc2Cl)[C@@]23CN(C/C(=C\c4ccccc4Cl)C2=O)C2(O)c4cccc5cccc(c45)[C@]123. The van der Waals surface area contributed by atoms with Crippen LogP contribution in [0.25, 0.3) is 16.8 Å². The van der Waals surface area contributed by atoms with Crippen LogP contribution in [0.2, 0.25) is 10.0 Å². The van der Waals surface area contributed by atoms with Crippen molar-refractivity contribution in [1.29, 1.82) is 0 Å². The molecule has 4 aliphatic rings. The summed E-state index contributed by atoms with van der Waals surface area (Å²) in [5, 5.41) is 16.6. The Hall–Kier alpha value is -2.99. The van der Waals surface area contributed by atoms with Gasteiger partial charge >= 0.3 is 0 Å². The number of nitrogens with zero attached hydrogens (tertiary/aromatic N) is 2. The first kappa shape index (κ1) is 23.9. The lowest BCUT2D eigenvalue weighted by molar-refractivity contribution is -0.168. The fourth-order valence-corrected chi connectivity index (χ4v) is 9.14. The molecule has 0 saturated carbocycles. The van der Waals surface area contributed by atoms with Crippen molar-refractivity contribution in [3.05, 3.63) is 123 Å². The van der Waals surface area contributed by atoms with E-state index in [1.807, 2.05) is 66.7 Å². The number of Topliss-reactive ketones (excluding diaryl/α,β-unsaturated/α-hetero) is 1. The normalized spacial score (nSPS) is 33.6. The molecule has 2 unspecified atom stereocenters. The smallest absolute Gasteiger partial charge is 0.170 e. The van der Waals surface area contributed by atoms with Gasteiger partial charge in [-0.05, 0) is 52.7 Å². The summed E-state index contributed by atoms with van der Waals surface area (Å²) >= 11 is 13.4. The quantitative estimate of drug-likeness (QED) is 0.301. The van der Waals surface area contributed by atoms with Crippen molar-refractivity contribution in [1.82, 2.24) is 9.80 Å². The molecule has 3 heterocycles. The third kappa shape index (κ3) is 2.56. The van der Waals surface area contributed by atoms with Gasteiger partial charge in [-0.2, -0.15) is 0 Å². The minimum absolute atomic E-state index is 0.0636. The zero-order valence-electron chi connectivity index (χ0n) is 21.4. The summed E-state index contributed by atoms with van der Waals surface area (Å²) < 4.78 is 0. The van der Waals surface area contributed by atoms with E-state index in [-0.39, 0.29) is 11.7 Å². The number of likely N-dealkylation sites (N-methyl/N-ethyl adjacent to an activating group) is 1. The molecule has 3 aliphatic heterocycles. The Morgan fingerprint density at radius 3 is 2.33 bits per heavy atom. The number of aliphatic hydroxyl groups is 1. The van der Waals surface area contributed by atoms with Crippen molar-refractivity contribution in [3.8, 4) is 0 Å². The van der Waals surface area contributed by atoms with Crippen LogP contribution in [0.4, 0.5) is 0 Å². The predicted octanol–water partition coefficient (Wildman–Crippen LogP) is 6.20. The van der Waals surface area contributed by atoms with Crippen LogP contribution in [0.15, 0.2) is 90.5 Å². The van der Waals surface area contributed by atoms with Gasteiger partial charge in [0.1, 0.15) is 5.54 Å². The molecule has 2 bridgehead atoms. The molecule has 8 rings (SSSR count). The maximum Gasteiger partial charge on any atom is 0.170 e. The van der Waals surface area contributed by atoms with E-state index < -0.39 is 16.7 Å². The summed E-state index contributed by atoms with van der Waals surface area (Å²) in [6.45, 7) is 1.36. The first-order chi connectivity index (χ1) is 18.9. The van der Waals surface area contributed by atoms with Crippen molar-refractivity contribution >= 4 is 45.8 Å². The van der Waals surface area contributed by atoms with Crippen molar-refractivity contribution in [2.24, 2.45) is 5.41 Å². The second-order valence-electron chi connectivity index (χ2n) is 11.4. The van der Waals surface area contributed by atoms with Gasteiger partial charge in [0.25, 0.3) is 0 Å². The molecular formula is C33H26Cl2N2O2. The van der Waals surface area contributed by atoms with Crippen LogP contribution in [-0.4, -0.2) is 47.4 Å². The number of hydrogen-bond donors (Lipinski definition) is 1. The Labute approximate surface area is 237 Å². The number of piperidine rings is 1. The number of hydrogen-bond acceptors (Lipinski definition) is 4. The van der Waals surface area contributed by atoms with Crippen LogP contribution in [0.5, 0.6) is 0 Å². The van der Waals surface area contributed by atoms with Gasteiger partial charge < -0.3 is 5.11 Å². The van der Waals surface area contributed by atoms with Gasteiger partial charge in [0.2, 0.25) is 0 Å². The van der Waals surface area contributed by atoms with E-state index in [1.165, 1.54) is 0 Å². The van der Waals surface area contributed by atoms with Crippen LogP contribution < -0.4 is 0 Å². The first-order valence-corrected chi connectivity index (χ1v) is 14.1. The largest absolute Gasteiger partial charge is 0.369 e. The molecule has 1 aliphatic carbocycles. The summed E-state index contributed by atoms with van der Waals surface area (Å²) in [4.78, 5) is 19.5. The van der Waals surface area contributed by atoms with Crippen molar-refractivity contribution < 1.29 is 9.90 Å². The Kier molecular flexibility index (Phi) is 4.78. The first-order valence-electron chi connectivity index (χ1n) is 13.3. The summed E-state index contributed by atoms with van der Waals surface area (Å²) in [5.74, 6) is -0.159. The fourth-order valence-electron chi connectivity index (χ4n) is 8.68. The fraction of sp³-hybridized carbons (Fsp3) is 0.242. The minimum atomic E-state index is -1.40. The lowest BCUT2D eigenvalue weighted by atomic mass is 9.57. The Morgan fingerprint density at radius 1 is 0.897 bits per heavy atom. The number of likely N-dealkylation sites (tertiary alicyclic amines) is 1. The molecule has 2 spiro atoms. The number of rotatable bonds is 2. The zero-order valence-corrected chi connectivity index (χ0v) is 22.9. The van der Waals surface area contributed by atoms with Crippen LogP contribution in [0, 0.1) is 5.41 Å². The van der Waals surface area contributed by atoms with Crippen LogP contribution in [0.3, 0.4) is 0 Å². The summed E-state index contributed by atoms with van der Waals surface area (Å²) in [5.41, 5.74) is 0.945. The lowest BCUT2D eigenvalue weighted by Gasteiger charge is -2.47. The van der Waals surface area contributed by atoms with Crippen molar-refractivity contribution in [3.63, 3.8) is 0 Å². The zero-order chi connectivity index (χ0) is 26.7. The van der Waals surface area contributed by atoms with E-state index in [0.29, 0.717) is 35.3 Å². The predicted molar refractivity (Wildman–Crippen MR) is 155 cm³/mol. The third-order valence-corrected chi connectivity index (χ3v) is 10.6. The van der Waals surface area contributed by atoms with E-state index >= 15 is 4.79 Å². The van der Waals surface area contributed by atoms with Gasteiger partial charge in [-0.25, -0.2) is 0 Å². The second-order valence-corrected chi connectivity index (χ2v) is 12.2. The van der Waals surface area contributed by atoms with Gasteiger partial charge in [0.15, 0.2) is 11.5 Å². The average molecular weight is 553 g/mol. The van der Waals surface area contributed by atoms with E-state index in [0.717, 1.165) is 33.0 Å². The van der Waals surface area contributed by atoms with Gasteiger partial charge in [-0.15, -0.1) is 0 Å². The molecule has 6 heteroatoms. The highest BCUT2D eigenvalue weighted by Crippen LogP contribution is 2.76. The molecule has 194 valence electrons. The minimum Gasteiger partial charge on any atom is -0.369 e. The average Bonchev–Trinajstić information content (AvgIpc) is 3.42. The molecule has 0 aromatic heterocycles. The van der Waals surface area contributed by atoms with Crippen LogP contribution in [-0.2, 0) is 16.1 Å². The summed E-state index contributed by atoms with van der Waals surface area (Å²) in [6, 6.07) is 27.8. The Bertz CT molecular complexity index is 1760. The lowest BCUT2D eigenvalue weighted by Crippen LogP contribution is -2.60. The van der Waals surface area contributed by atoms with Crippen LogP contribution >= 0.6 is 23.2 Å². The van der Waals surface area contributed by atoms with Crippen LogP contribution in [0.1, 0.15) is 28.2 Å². The summed E-state index contributed by atoms with van der Waals surface area (Å²) in [7, 11) is 2.06. The molecule has 4 aromatic carbocycles. The highest BCUT2D eigenvalue weighted by atomic mass is 35.5. The Balaban J connectivity index is 1.48. The van der Waals surface area contributed by atoms with E-state index in [9.17, 15) is 5.11 Å². The monoisotopic (exact) mass is 552 g/mol. The molecule has 0 radical (unpaired) electrons. The highest BCUT2D eigenvalue weighted by molar-refractivity contribution is 6.32. The molecule has 4 nitrogen and oxygen atoms in total. The van der Waals surface area contributed by atoms with Gasteiger partial charge in [0, 0.05) is 46.7 Å². The number of benzene rings is 4. The molecule has 3 saturated heterocycles. The number of carbonyl (C=O) groups is 1. The third-order valence-electron chi connectivity index (χ3n) is 9.92. The molecule has 39 heavy (non-hydrogen) atoms. The van der Waals surface area contributed by atoms with E-state index in [2.05, 4.69) is 41.1 Å². The molecule has 5 atom stereocenters.